The number of aromatic nitrogens is 1. The van der Waals surface area contributed by atoms with Crippen LogP contribution in [0, 0.1) is 17.0 Å². The van der Waals surface area contributed by atoms with Crippen LogP contribution in [0.2, 0.25) is 0 Å². The lowest BCUT2D eigenvalue weighted by atomic mass is 10.2. The highest BCUT2D eigenvalue weighted by molar-refractivity contribution is 9.10. The predicted octanol–water partition coefficient (Wildman–Crippen LogP) is 2.95. The van der Waals surface area contributed by atoms with Gasteiger partial charge in [-0.15, -0.1) is 0 Å². The molecule has 2 rings (SSSR count). The molecule has 0 spiro atoms. The second-order valence-corrected chi connectivity index (χ2v) is 4.98. The molecule has 0 unspecified atom stereocenters. The molecule has 0 bridgehead atoms. The normalized spacial score (nSPS) is 10.2. The Morgan fingerprint density at radius 1 is 1.38 bits per heavy atom. The van der Waals surface area contributed by atoms with Crippen molar-refractivity contribution in [3.63, 3.8) is 0 Å². The topological polar surface area (TPSA) is 108 Å². The molecule has 1 amide bonds. The second-order valence-electron chi connectivity index (χ2n) is 4.12. The first kappa shape index (κ1) is 14.9. The Labute approximate surface area is 128 Å². The molecule has 1 heterocycles. The molecule has 21 heavy (non-hydrogen) atoms. The number of carbonyl (C=O) groups is 1. The average molecular weight is 352 g/mol. The fraction of sp³-hybridized carbons (Fsp3) is 0.0769. The Morgan fingerprint density at radius 2 is 2.10 bits per heavy atom. The number of nitro benzene ring substituents is 1. The highest BCUT2D eigenvalue weighted by Crippen LogP contribution is 2.32. The lowest BCUT2D eigenvalue weighted by Crippen LogP contribution is -2.11. The molecule has 1 aromatic carbocycles. The van der Waals surface area contributed by atoms with Crippen LogP contribution in [0.3, 0.4) is 0 Å². The van der Waals surface area contributed by atoms with Gasteiger partial charge in [0.1, 0.15) is 0 Å². The number of nitrogens with two attached hydrogens (primary N) is 1. The zero-order valence-electron chi connectivity index (χ0n) is 10.9. The minimum atomic E-state index is -0.748. The van der Waals surface area contributed by atoms with Gasteiger partial charge in [0.15, 0.2) is 0 Å². The monoisotopic (exact) mass is 351 g/mol. The van der Waals surface area contributed by atoms with Gasteiger partial charge in [0.05, 0.1) is 10.6 Å². The number of carbonyl (C=O) groups excluding carboxylic acids is 1. The van der Waals surface area contributed by atoms with Gasteiger partial charge in [-0.25, -0.2) is 4.98 Å². The number of aryl methyl sites for hydroxylation is 1. The number of primary amides is 1. The van der Waals surface area contributed by atoms with Gasteiger partial charge in [0.2, 0.25) is 17.5 Å². The third kappa shape index (κ3) is 3.34. The first-order valence-electron chi connectivity index (χ1n) is 5.77. The van der Waals surface area contributed by atoms with Crippen LogP contribution < -0.4 is 10.5 Å². The average Bonchev–Trinajstić information content (AvgIpc) is 2.43. The zero-order valence-corrected chi connectivity index (χ0v) is 12.5. The first-order valence-corrected chi connectivity index (χ1v) is 6.57. The van der Waals surface area contributed by atoms with E-state index in [1.54, 1.807) is 19.1 Å². The molecule has 108 valence electrons. The van der Waals surface area contributed by atoms with Crippen molar-refractivity contribution >= 4 is 27.5 Å². The van der Waals surface area contributed by atoms with Crippen LogP contribution in [-0.4, -0.2) is 15.8 Å². The van der Waals surface area contributed by atoms with Crippen molar-refractivity contribution in [3.05, 3.63) is 56.2 Å². The molecule has 7 nitrogen and oxygen atoms in total. The molecule has 1 aromatic heterocycles. The molecule has 0 aliphatic rings. The molecule has 2 aromatic rings. The van der Waals surface area contributed by atoms with Gasteiger partial charge >= 0.3 is 5.69 Å². The number of ether oxygens (including phenoxy) is 1. The summed E-state index contributed by atoms with van der Waals surface area (Å²) in [5.41, 5.74) is 5.47. The number of nitro groups is 1. The second kappa shape index (κ2) is 5.88. The van der Waals surface area contributed by atoms with E-state index in [-0.39, 0.29) is 22.9 Å². The summed E-state index contributed by atoms with van der Waals surface area (Å²) in [5.74, 6) is -0.549. The lowest BCUT2D eigenvalue weighted by Gasteiger charge is -2.07. The summed E-state index contributed by atoms with van der Waals surface area (Å²) >= 11 is 3.30. The fourth-order valence-corrected chi connectivity index (χ4v) is 1.81. The van der Waals surface area contributed by atoms with Crippen molar-refractivity contribution in [3.8, 4) is 11.6 Å². The quantitative estimate of drug-likeness (QED) is 0.672. The largest absolute Gasteiger partial charge is 0.432 e. The van der Waals surface area contributed by atoms with E-state index >= 15 is 0 Å². The van der Waals surface area contributed by atoms with E-state index in [4.69, 9.17) is 10.5 Å². The lowest BCUT2D eigenvalue weighted by molar-refractivity contribution is -0.385. The molecule has 0 saturated heterocycles. The third-order valence-corrected chi connectivity index (χ3v) is 3.49. The van der Waals surface area contributed by atoms with E-state index in [1.807, 2.05) is 0 Å². The number of rotatable bonds is 4. The van der Waals surface area contributed by atoms with Crippen LogP contribution in [0.1, 0.15) is 16.1 Å². The Hall–Kier alpha value is -2.48. The van der Waals surface area contributed by atoms with Gasteiger partial charge in [-0.1, -0.05) is 0 Å². The Morgan fingerprint density at radius 3 is 2.67 bits per heavy atom. The Balaban J connectivity index is 2.41. The van der Waals surface area contributed by atoms with E-state index in [0.717, 1.165) is 10.5 Å². The molecule has 0 fully saturated rings. The van der Waals surface area contributed by atoms with Gasteiger partial charge in [-0.05, 0) is 41.1 Å². The van der Waals surface area contributed by atoms with Gasteiger partial charge in [-0.2, -0.15) is 0 Å². The first-order chi connectivity index (χ1) is 9.88. The van der Waals surface area contributed by atoms with Crippen LogP contribution in [0.15, 0.2) is 34.8 Å². The van der Waals surface area contributed by atoms with Crippen molar-refractivity contribution in [1.82, 2.24) is 4.98 Å². The summed E-state index contributed by atoms with van der Waals surface area (Å²) in [6.45, 7) is 1.77. The summed E-state index contributed by atoms with van der Waals surface area (Å²) in [5, 5.41) is 11.1. The predicted molar refractivity (Wildman–Crippen MR) is 78.4 cm³/mol. The van der Waals surface area contributed by atoms with Crippen LogP contribution in [0.5, 0.6) is 11.6 Å². The van der Waals surface area contributed by atoms with E-state index in [2.05, 4.69) is 20.9 Å². The molecule has 0 aliphatic carbocycles. The van der Waals surface area contributed by atoms with Crippen molar-refractivity contribution in [1.29, 1.82) is 0 Å². The smallest absolute Gasteiger partial charge is 0.312 e. The van der Waals surface area contributed by atoms with Gasteiger partial charge in [0, 0.05) is 22.2 Å². The number of benzene rings is 1. The number of hydrogen-bond acceptors (Lipinski definition) is 5. The van der Waals surface area contributed by atoms with Crippen molar-refractivity contribution < 1.29 is 14.5 Å². The van der Waals surface area contributed by atoms with Crippen molar-refractivity contribution in [2.24, 2.45) is 5.73 Å². The highest BCUT2D eigenvalue weighted by Gasteiger charge is 2.19. The molecule has 0 atom stereocenters. The highest BCUT2D eigenvalue weighted by atomic mass is 79.9. The van der Waals surface area contributed by atoms with Crippen molar-refractivity contribution in [2.45, 2.75) is 6.92 Å². The van der Waals surface area contributed by atoms with Gasteiger partial charge < -0.3 is 10.5 Å². The van der Waals surface area contributed by atoms with Crippen molar-refractivity contribution in [2.75, 3.05) is 0 Å². The fourth-order valence-electron chi connectivity index (χ4n) is 1.59. The maximum absolute atomic E-state index is 11.1. The number of hydrogen-bond donors (Lipinski definition) is 1. The van der Waals surface area contributed by atoms with Crippen LogP contribution in [-0.2, 0) is 0 Å². The maximum Gasteiger partial charge on any atom is 0.312 e. The standard InChI is InChI=1S/C13H10BrN3O4/c1-7-9(14)3-5-12(16-7)21-11-4-2-8(13(15)18)6-10(11)17(19)20/h2-6H,1H3,(H2,15,18). The van der Waals surface area contributed by atoms with Gasteiger partial charge in [-0.3, -0.25) is 14.9 Å². The SMILES string of the molecule is Cc1nc(Oc2ccc(C(N)=O)cc2[N+](=O)[O-])ccc1Br. The summed E-state index contributed by atoms with van der Waals surface area (Å²) in [7, 11) is 0. The molecular weight excluding hydrogens is 342 g/mol. The number of amides is 1. The summed E-state index contributed by atoms with van der Waals surface area (Å²) in [6.07, 6.45) is 0. The van der Waals surface area contributed by atoms with E-state index in [0.29, 0.717) is 5.69 Å². The van der Waals surface area contributed by atoms with E-state index < -0.39 is 10.8 Å². The Kier molecular flexibility index (Phi) is 4.18. The summed E-state index contributed by atoms with van der Waals surface area (Å²) < 4.78 is 6.22. The molecular formula is C13H10BrN3O4. The molecule has 0 radical (unpaired) electrons. The van der Waals surface area contributed by atoms with Gasteiger partial charge in [0.25, 0.3) is 0 Å². The van der Waals surface area contributed by atoms with Crippen LogP contribution in [0.4, 0.5) is 5.69 Å². The molecule has 0 saturated carbocycles. The van der Waals surface area contributed by atoms with Crippen LogP contribution in [0.25, 0.3) is 0 Å². The maximum atomic E-state index is 11.1. The molecule has 8 heteroatoms. The summed E-state index contributed by atoms with van der Waals surface area (Å²) in [4.78, 5) is 25.6. The van der Waals surface area contributed by atoms with Crippen LogP contribution >= 0.6 is 15.9 Å². The van der Waals surface area contributed by atoms with E-state index in [1.165, 1.54) is 12.1 Å². The number of nitrogens with zero attached hydrogens (tertiary/aromatic N) is 2. The third-order valence-electron chi connectivity index (χ3n) is 2.65. The zero-order chi connectivity index (χ0) is 15.6. The number of pyridine rings is 1. The number of halogens is 1. The minimum Gasteiger partial charge on any atom is -0.432 e. The Bertz CT molecular complexity index is 733. The van der Waals surface area contributed by atoms with E-state index in [9.17, 15) is 14.9 Å². The minimum absolute atomic E-state index is 0.0146. The molecule has 0 aliphatic heterocycles. The molecule has 2 N–H and O–H groups in total. The summed E-state index contributed by atoms with van der Waals surface area (Å²) in [6, 6.07) is 7.04.